The van der Waals surface area contributed by atoms with Crippen LogP contribution in [0.15, 0.2) is 53.8 Å². The van der Waals surface area contributed by atoms with E-state index in [4.69, 9.17) is 27.9 Å². The third-order valence-corrected chi connectivity index (χ3v) is 5.58. The van der Waals surface area contributed by atoms with Crippen molar-refractivity contribution in [2.24, 2.45) is 5.10 Å². The highest BCUT2D eigenvalue weighted by atomic mass is 35.5. The number of para-hydroxylation sites is 1. The lowest BCUT2D eigenvalue weighted by molar-refractivity contribution is -0.135. The number of rotatable bonds is 5. The molecule has 0 spiro atoms. The number of morpholine rings is 1. The molecule has 160 valence electrons. The molecular weight excluding hydrogens is 439 g/mol. The van der Waals surface area contributed by atoms with E-state index < -0.39 is 5.91 Å². The molecule has 1 aliphatic rings. The van der Waals surface area contributed by atoms with Gasteiger partial charge in [-0.2, -0.15) is 5.10 Å². The average molecular weight is 459 g/mol. The maximum atomic E-state index is 12.7. The summed E-state index contributed by atoms with van der Waals surface area (Å²) in [4.78, 5) is 26.8. The largest absolute Gasteiger partial charge is 0.378 e. The lowest BCUT2D eigenvalue weighted by Crippen LogP contribution is -2.42. The Hall–Kier alpha value is -2.87. The molecule has 2 amide bonds. The summed E-state index contributed by atoms with van der Waals surface area (Å²) in [7, 11) is 0. The van der Waals surface area contributed by atoms with E-state index in [-0.39, 0.29) is 23.0 Å². The van der Waals surface area contributed by atoms with Crippen LogP contribution >= 0.6 is 23.2 Å². The van der Waals surface area contributed by atoms with Crippen LogP contribution in [0.5, 0.6) is 0 Å². The topological polar surface area (TPSA) is 75.9 Å². The highest BCUT2D eigenvalue weighted by Crippen LogP contribution is 2.22. The summed E-state index contributed by atoms with van der Waals surface area (Å²) in [6, 6.07) is 12.4. The fourth-order valence-electron chi connectivity index (χ4n) is 3.46. The molecule has 1 fully saturated rings. The number of carbonyl (C=O) groups excluding carboxylic acids is 2. The standard InChI is InChI=1S/C22H20Cl2N4O3/c23-16-5-6-18(19(24)11-16)22(30)26-25-12-15-13-28(20-4-2-1-3-17(15)20)14-21(29)27-7-9-31-10-8-27/h1-6,11-13H,7-10,14H2,(H,26,30)/b25-12-. The van der Waals surface area contributed by atoms with Crippen LogP contribution in [0.4, 0.5) is 0 Å². The smallest absolute Gasteiger partial charge is 0.272 e. The molecule has 0 saturated carbocycles. The Kier molecular flexibility index (Phi) is 6.56. The number of benzene rings is 2. The van der Waals surface area contributed by atoms with Gasteiger partial charge in [-0.05, 0) is 24.3 Å². The number of nitrogens with zero attached hydrogens (tertiary/aromatic N) is 3. The first-order valence-electron chi connectivity index (χ1n) is 9.75. The Morgan fingerprint density at radius 1 is 1.13 bits per heavy atom. The molecule has 1 aromatic heterocycles. The molecule has 7 nitrogen and oxygen atoms in total. The Balaban J connectivity index is 1.51. The first kappa shape index (κ1) is 21.4. The lowest BCUT2D eigenvalue weighted by atomic mass is 10.2. The number of carbonyl (C=O) groups is 2. The third-order valence-electron chi connectivity index (χ3n) is 5.03. The number of halogens is 2. The molecule has 31 heavy (non-hydrogen) atoms. The monoisotopic (exact) mass is 458 g/mol. The van der Waals surface area contributed by atoms with Crippen molar-refractivity contribution in [2.45, 2.75) is 6.54 Å². The van der Waals surface area contributed by atoms with E-state index in [2.05, 4.69) is 10.5 Å². The molecule has 0 radical (unpaired) electrons. The number of nitrogens with one attached hydrogen (secondary N) is 1. The van der Waals surface area contributed by atoms with Crippen LogP contribution in [-0.2, 0) is 16.1 Å². The van der Waals surface area contributed by atoms with Gasteiger partial charge < -0.3 is 14.2 Å². The number of fused-ring (bicyclic) bond motifs is 1. The van der Waals surface area contributed by atoms with E-state index in [0.717, 1.165) is 16.5 Å². The van der Waals surface area contributed by atoms with Crippen LogP contribution in [0.25, 0.3) is 10.9 Å². The number of ether oxygens (including phenoxy) is 1. The van der Waals surface area contributed by atoms with Crippen LogP contribution in [0.2, 0.25) is 10.0 Å². The quantitative estimate of drug-likeness (QED) is 0.468. The van der Waals surface area contributed by atoms with Gasteiger partial charge in [0.1, 0.15) is 6.54 Å². The maximum Gasteiger partial charge on any atom is 0.272 e. The lowest BCUT2D eigenvalue weighted by Gasteiger charge is -2.27. The first-order chi connectivity index (χ1) is 15.0. The molecule has 0 bridgehead atoms. The predicted molar refractivity (Wildman–Crippen MR) is 121 cm³/mol. The van der Waals surface area contributed by atoms with E-state index in [9.17, 15) is 9.59 Å². The van der Waals surface area contributed by atoms with Crippen molar-refractivity contribution in [3.63, 3.8) is 0 Å². The first-order valence-corrected chi connectivity index (χ1v) is 10.5. The van der Waals surface area contributed by atoms with Gasteiger partial charge in [0.25, 0.3) is 5.91 Å². The number of hydrogen-bond donors (Lipinski definition) is 1. The van der Waals surface area contributed by atoms with Gasteiger partial charge in [-0.25, -0.2) is 5.43 Å². The van der Waals surface area contributed by atoms with Gasteiger partial charge >= 0.3 is 0 Å². The molecular formula is C22H20Cl2N4O3. The van der Waals surface area contributed by atoms with Crippen LogP contribution < -0.4 is 5.43 Å². The minimum absolute atomic E-state index is 0.0400. The van der Waals surface area contributed by atoms with Crippen molar-refractivity contribution in [1.82, 2.24) is 14.9 Å². The van der Waals surface area contributed by atoms with Gasteiger partial charge in [0.05, 0.1) is 30.0 Å². The van der Waals surface area contributed by atoms with Crippen molar-refractivity contribution in [1.29, 1.82) is 0 Å². The molecule has 1 saturated heterocycles. The summed E-state index contributed by atoms with van der Waals surface area (Å²) in [6.45, 7) is 2.55. The minimum atomic E-state index is -0.441. The summed E-state index contributed by atoms with van der Waals surface area (Å²) < 4.78 is 7.21. The second-order valence-electron chi connectivity index (χ2n) is 7.05. The summed E-state index contributed by atoms with van der Waals surface area (Å²) in [6.07, 6.45) is 3.41. The number of aromatic nitrogens is 1. The second kappa shape index (κ2) is 9.51. The average Bonchev–Trinajstić information content (AvgIpc) is 3.12. The molecule has 4 rings (SSSR count). The van der Waals surface area contributed by atoms with Gasteiger partial charge in [-0.15, -0.1) is 0 Å². The zero-order valence-corrected chi connectivity index (χ0v) is 18.1. The summed E-state index contributed by atoms with van der Waals surface area (Å²) in [5.74, 6) is -0.401. The van der Waals surface area contributed by atoms with Crippen LogP contribution in [0, 0.1) is 0 Å². The molecule has 1 aliphatic heterocycles. The molecule has 2 heterocycles. The zero-order valence-electron chi connectivity index (χ0n) is 16.6. The van der Waals surface area contributed by atoms with Crippen molar-refractivity contribution in [3.05, 3.63) is 69.8 Å². The molecule has 0 aliphatic carbocycles. The Labute approximate surface area is 189 Å². The molecule has 0 unspecified atom stereocenters. The zero-order chi connectivity index (χ0) is 21.8. The fraction of sp³-hybridized carbons (Fsp3) is 0.227. The van der Waals surface area contributed by atoms with Crippen molar-refractivity contribution < 1.29 is 14.3 Å². The van der Waals surface area contributed by atoms with Gasteiger partial charge in [-0.3, -0.25) is 9.59 Å². The van der Waals surface area contributed by atoms with Gasteiger partial charge in [0, 0.05) is 40.8 Å². The second-order valence-corrected chi connectivity index (χ2v) is 7.89. The molecule has 0 atom stereocenters. The van der Waals surface area contributed by atoms with E-state index in [1.807, 2.05) is 39.9 Å². The van der Waals surface area contributed by atoms with E-state index in [1.54, 1.807) is 18.3 Å². The van der Waals surface area contributed by atoms with Crippen LogP contribution in [0.1, 0.15) is 15.9 Å². The molecule has 9 heteroatoms. The Bertz CT molecular complexity index is 1150. The third kappa shape index (κ3) is 4.90. The summed E-state index contributed by atoms with van der Waals surface area (Å²) >= 11 is 11.9. The van der Waals surface area contributed by atoms with Crippen molar-refractivity contribution >= 4 is 52.1 Å². The van der Waals surface area contributed by atoms with Crippen LogP contribution in [-0.4, -0.2) is 53.8 Å². The van der Waals surface area contributed by atoms with Crippen molar-refractivity contribution in [2.75, 3.05) is 26.3 Å². The van der Waals surface area contributed by atoms with Gasteiger partial charge in [0.2, 0.25) is 5.91 Å². The number of hydrogen-bond acceptors (Lipinski definition) is 4. The SMILES string of the molecule is O=C(N/N=C\c1cn(CC(=O)N2CCOCC2)c2ccccc12)c1ccc(Cl)cc1Cl. The molecule has 2 aromatic carbocycles. The van der Waals surface area contributed by atoms with Gasteiger partial charge in [0.15, 0.2) is 0 Å². The Morgan fingerprint density at radius 2 is 1.90 bits per heavy atom. The molecule has 3 aromatic rings. The highest BCUT2D eigenvalue weighted by Gasteiger charge is 2.18. The summed E-state index contributed by atoms with van der Waals surface area (Å²) in [5.41, 5.74) is 4.46. The highest BCUT2D eigenvalue weighted by molar-refractivity contribution is 6.36. The van der Waals surface area contributed by atoms with Crippen LogP contribution in [0.3, 0.4) is 0 Å². The Morgan fingerprint density at radius 3 is 2.68 bits per heavy atom. The number of amides is 2. The predicted octanol–water partition coefficient (Wildman–Crippen LogP) is 3.57. The van der Waals surface area contributed by atoms with E-state index >= 15 is 0 Å². The molecule has 1 N–H and O–H groups in total. The van der Waals surface area contributed by atoms with Gasteiger partial charge in [-0.1, -0.05) is 41.4 Å². The number of hydrazone groups is 1. The summed E-state index contributed by atoms with van der Waals surface area (Å²) in [5, 5.41) is 5.70. The maximum absolute atomic E-state index is 12.7. The normalized spacial score (nSPS) is 14.3. The fourth-order valence-corrected chi connectivity index (χ4v) is 3.96. The van der Waals surface area contributed by atoms with E-state index in [1.165, 1.54) is 6.07 Å². The minimum Gasteiger partial charge on any atom is -0.378 e. The van der Waals surface area contributed by atoms with E-state index in [0.29, 0.717) is 31.3 Å². The van der Waals surface area contributed by atoms with Crippen molar-refractivity contribution in [3.8, 4) is 0 Å².